The number of aryl methyl sites for hydroxylation is 1. The highest BCUT2D eigenvalue weighted by Gasteiger charge is 2.42. The molecule has 36 heavy (non-hydrogen) atoms. The second-order valence-corrected chi connectivity index (χ2v) is 13.3. The first-order chi connectivity index (χ1) is 17.0. The van der Waals surface area contributed by atoms with Crippen molar-refractivity contribution in [3.63, 3.8) is 0 Å². The fourth-order valence-corrected chi connectivity index (χ4v) is 7.22. The molecule has 0 bridgehead atoms. The minimum Gasteiger partial charge on any atom is -0.353 e. The Bertz CT molecular complexity index is 1090. The average molecular weight is 517 g/mol. The van der Waals surface area contributed by atoms with E-state index in [9.17, 15) is 18.0 Å². The van der Waals surface area contributed by atoms with Gasteiger partial charge in [0.05, 0.1) is 11.3 Å². The van der Waals surface area contributed by atoms with Gasteiger partial charge in [-0.05, 0) is 75.6 Å². The van der Waals surface area contributed by atoms with Crippen LogP contribution in [0, 0.1) is 18.3 Å². The van der Waals surface area contributed by atoms with Crippen LogP contribution in [0.3, 0.4) is 0 Å². The monoisotopic (exact) mass is 516 g/mol. The lowest BCUT2D eigenvalue weighted by atomic mass is 9.70. The van der Waals surface area contributed by atoms with Crippen LogP contribution in [-0.2, 0) is 19.6 Å². The van der Waals surface area contributed by atoms with Gasteiger partial charge >= 0.3 is 0 Å². The lowest BCUT2D eigenvalue weighted by molar-refractivity contribution is -0.130. The van der Waals surface area contributed by atoms with Crippen LogP contribution in [0.25, 0.3) is 0 Å². The Kier molecular flexibility index (Phi) is 7.80. The summed E-state index contributed by atoms with van der Waals surface area (Å²) in [6.45, 7) is 10.9. The molecule has 1 saturated carbocycles. The molecule has 0 spiro atoms. The SMILES string of the molecule is Cc1ccc(S(=O)(=O)N2C=CNC(=O)[C@H]2CC(=O)N[C@@H]2CC[C@H](N3CCC(C)CC3)CC2(C)C)cc1. The number of nitrogens with zero attached hydrogens (tertiary/aromatic N) is 2. The van der Waals surface area contributed by atoms with Crippen LogP contribution in [-0.4, -0.2) is 60.7 Å². The van der Waals surface area contributed by atoms with E-state index in [0.29, 0.717) is 6.04 Å². The second-order valence-electron chi connectivity index (χ2n) is 11.5. The van der Waals surface area contributed by atoms with Gasteiger partial charge in [-0.15, -0.1) is 0 Å². The predicted molar refractivity (Wildman–Crippen MR) is 139 cm³/mol. The van der Waals surface area contributed by atoms with Gasteiger partial charge in [0.15, 0.2) is 0 Å². The lowest BCUT2D eigenvalue weighted by Crippen LogP contribution is -2.55. The molecule has 4 rings (SSSR count). The van der Waals surface area contributed by atoms with Gasteiger partial charge in [-0.25, -0.2) is 8.42 Å². The fraction of sp³-hybridized carbons (Fsp3) is 0.630. The highest BCUT2D eigenvalue weighted by Crippen LogP contribution is 2.39. The van der Waals surface area contributed by atoms with Crippen molar-refractivity contribution in [1.29, 1.82) is 0 Å². The summed E-state index contributed by atoms with van der Waals surface area (Å²) < 4.78 is 27.6. The van der Waals surface area contributed by atoms with E-state index in [2.05, 4.69) is 36.3 Å². The quantitative estimate of drug-likeness (QED) is 0.605. The van der Waals surface area contributed by atoms with Crippen molar-refractivity contribution in [2.75, 3.05) is 13.1 Å². The third kappa shape index (κ3) is 5.78. The van der Waals surface area contributed by atoms with Crippen LogP contribution in [0.15, 0.2) is 41.6 Å². The van der Waals surface area contributed by atoms with Gasteiger partial charge in [-0.3, -0.25) is 13.9 Å². The van der Waals surface area contributed by atoms with Crippen molar-refractivity contribution in [2.45, 2.75) is 89.2 Å². The van der Waals surface area contributed by atoms with Crippen LogP contribution in [0.2, 0.25) is 0 Å². The maximum atomic E-state index is 13.3. The average Bonchev–Trinajstić information content (AvgIpc) is 2.82. The third-order valence-corrected chi connectivity index (χ3v) is 9.99. The van der Waals surface area contributed by atoms with E-state index in [1.54, 1.807) is 12.1 Å². The number of nitrogens with one attached hydrogen (secondary N) is 2. The minimum absolute atomic E-state index is 0.0192. The Hall–Kier alpha value is -2.39. The summed E-state index contributed by atoms with van der Waals surface area (Å²) in [5.41, 5.74) is 0.841. The molecule has 198 valence electrons. The standard InChI is InChI=1S/C27H40N4O4S/c1-19-5-8-22(9-6-19)36(34,35)31-16-13-28-26(33)23(31)17-25(32)29-24-10-7-21(18-27(24,3)4)30-14-11-20(2)12-15-30/h5-6,8-9,13,16,20-21,23-24H,7,10-12,14-15,17-18H2,1-4H3,(H,28,33)(H,29,32)/t21-,23+,24+/m0/s1. The van der Waals surface area contributed by atoms with Crippen LogP contribution in [0.5, 0.6) is 0 Å². The smallest absolute Gasteiger partial charge is 0.264 e. The summed E-state index contributed by atoms with van der Waals surface area (Å²) in [6.07, 6.45) is 7.79. The summed E-state index contributed by atoms with van der Waals surface area (Å²) in [4.78, 5) is 28.5. The largest absolute Gasteiger partial charge is 0.353 e. The molecule has 2 aliphatic heterocycles. The van der Waals surface area contributed by atoms with E-state index in [1.807, 2.05) is 6.92 Å². The minimum atomic E-state index is -3.99. The number of likely N-dealkylation sites (tertiary alicyclic amines) is 1. The number of carbonyl (C=O) groups is 2. The number of rotatable bonds is 6. The molecule has 8 nitrogen and oxygen atoms in total. The molecule has 1 aliphatic carbocycles. The highest BCUT2D eigenvalue weighted by atomic mass is 32.2. The summed E-state index contributed by atoms with van der Waals surface area (Å²) in [5.74, 6) is -0.0189. The molecule has 0 aromatic heterocycles. The van der Waals surface area contributed by atoms with E-state index >= 15 is 0 Å². The van der Waals surface area contributed by atoms with Crippen molar-refractivity contribution in [3.05, 3.63) is 42.2 Å². The Labute approximate surface area is 215 Å². The van der Waals surface area contributed by atoms with Gasteiger partial charge in [-0.2, -0.15) is 0 Å². The highest BCUT2D eigenvalue weighted by molar-refractivity contribution is 7.89. The van der Waals surface area contributed by atoms with Crippen molar-refractivity contribution in [2.24, 2.45) is 11.3 Å². The Morgan fingerprint density at radius 3 is 2.42 bits per heavy atom. The van der Waals surface area contributed by atoms with Gasteiger partial charge < -0.3 is 15.5 Å². The van der Waals surface area contributed by atoms with Gasteiger partial charge in [0, 0.05) is 24.5 Å². The van der Waals surface area contributed by atoms with Crippen LogP contribution >= 0.6 is 0 Å². The van der Waals surface area contributed by atoms with Crippen molar-refractivity contribution in [1.82, 2.24) is 19.8 Å². The summed E-state index contributed by atoms with van der Waals surface area (Å²) in [7, 11) is -3.99. The predicted octanol–water partition coefficient (Wildman–Crippen LogP) is 3.14. The Morgan fingerprint density at radius 1 is 1.11 bits per heavy atom. The van der Waals surface area contributed by atoms with Gasteiger partial charge in [0.25, 0.3) is 10.0 Å². The first-order valence-electron chi connectivity index (χ1n) is 13.1. The summed E-state index contributed by atoms with van der Waals surface area (Å²) >= 11 is 0. The zero-order valence-electron chi connectivity index (χ0n) is 21.9. The van der Waals surface area contributed by atoms with Gasteiger partial charge in [0.2, 0.25) is 11.8 Å². The van der Waals surface area contributed by atoms with Gasteiger partial charge in [0.1, 0.15) is 6.04 Å². The number of sulfonamides is 1. The molecule has 1 aromatic rings. The second kappa shape index (κ2) is 10.5. The van der Waals surface area contributed by atoms with Crippen molar-refractivity contribution in [3.8, 4) is 0 Å². The zero-order valence-corrected chi connectivity index (χ0v) is 22.7. The molecule has 2 heterocycles. The number of piperidine rings is 1. The molecule has 3 aliphatic rings. The van der Waals surface area contributed by atoms with Crippen LogP contribution in [0.1, 0.15) is 64.9 Å². The van der Waals surface area contributed by atoms with E-state index in [0.717, 1.165) is 48.1 Å². The molecule has 2 fully saturated rings. The molecule has 0 radical (unpaired) electrons. The molecule has 2 N–H and O–H groups in total. The number of benzene rings is 1. The number of hydrogen-bond donors (Lipinski definition) is 2. The van der Waals surface area contributed by atoms with Gasteiger partial charge in [-0.1, -0.05) is 38.5 Å². The molecule has 2 amide bonds. The van der Waals surface area contributed by atoms with E-state index in [-0.39, 0.29) is 28.7 Å². The third-order valence-electron chi connectivity index (χ3n) is 8.20. The van der Waals surface area contributed by atoms with Crippen molar-refractivity contribution < 1.29 is 18.0 Å². The molecular formula is C27H40N4O4S. The lowest BCUT2D eigenvalue weighted by Gasteiger charge is -2.47. The van der Waals surface area contributed by atoms with Crippen molar-refractivity contribution >= 4 is 21.8 Å². The molecular weight excluding hydrogens is 476 g/mol. The maximum absolute atomic E-state index is 13.3. The summed E-state index contributed by atoms with van der Waals surface area (Å²) in [6, 6.07) is 5.84. The number of hydrogen-bond acceptors (Lipinski definition) is 5. The zero-order chi connectivity index (χ0) is 26.1. The molecule has 1 saturated heterocycles. The first kappa shape index (κ1) is 26.7. The first-order valence-corrected chi connectivity index (χ1v) is 14.5. The molecule has 3 atom stereocenters. The maximum Gasteiger partial charge on any atom is 0.264 e. The molecule has 1 aromatic carbocycles. The fourth-order valence-electron chi connectivity index (χ4n) is 5.77. The topological polar surface area (TPSA) is 98.8 Å². The van der Waals surface area contributed by atoms with Crippen LogP contribution in [0.4, 0.5) is 0 Å². The Morgan fingerprint density at radius 2 is 1.78 bits per heavy atom. The van der Waals surface area contributed by atoms with Crippen LogP contribution < -0.4 is 10.6 Å². The number of carbonyl (C=O) groups excluding carboxylic acids is 2. The Balaban J connectivity index is 1.41. The summed E-state index contributed by atoms with van der Waals surface area (Å²) in [5, 5.41) is 5.70. The van der Waals surface area contributed by atoms with E-state index in [1.165, 1.54) is 37.4 Å². The van der Waals surface area contributed by atoms with E-state index < -0.39 is 22.0 Å². The molecule has 0 unspecified atom stereocenters. The number of amides is 2. The normalized spacial score (nSPS) is 27.5. The van der Waals surface area contributed by atoms with E-state index in [4.69, 9.17) is 0 Å². The molecule has 9 heteroatoms.